The van der Waals surface area contributed by atoms with E-state index >= 15 is 0 Å². The van der Waals surface area contributed by atoms with Crippen molar-refractivity contribution in [2.24, 2.45) is 17.1 Å². The molecule has 5 heteroatoms. The van der Waals surface area contributed by atoms with E-state index in [0.29, 0.717) is 6.42 Å². The van der Waals surface area contributed by atoms with Gasteiger partial charge in [-0.3, -0.25) is 4.79 Å². The summed E-state index contributed by atoms with van der Waals surface area (Å²) in [5, 5.41) is 11.7. The van der Waals surface area contributed by atoms with Gasteiger partial charge in [-0.1, -0.05) is 41.0 Å². The van der Waals surface area contributed by atoms with E-state index in [1.165, 1.54) is 0 Å². The molecule has 0 rings (SSSR count). The lowest BCUT2D eigenvalue weighted by molar-refractivity contribution is -0.143. The SMILES string of the molecule is CC[C@H](C)[C@H](NC(=O)CC(N)CC(C)(C)C)C(=O)O. The van der Waals surface area contributed by atoms with Gasteiger partial charge >= 0.3 is 5.97 Å². The number of carboxylic acids is 1. The number of carbonyl (C=O) groups is 2. The molecular weight excluding hydrogens is 244 g/mol. The van der Waals surface area contributed by atoms with Crippen LogP contribution in [0.1, 0.15) is 53.9 Å². The highest BCUT2D eigenvalue weighted by Crippen LogP contribution is 2.21. The van der Waals surface area contributed by atoms with Crippen LogP contribution in [0.2, 0.25) is 0 Å². The lowest BCUT2D eigenvalue weighted by Gasteiger charge is -2.24. The summed E-state index contributed by atoms with van der Waals surface area (Å²) in [7, 11) is 0. The summed E-state index contributed by atoms with van der Waals surface area (Å²) in [5.74, 6) is -1.38. The van der Waals surface area contributed by atoms with E-state index in [4.69, 9.17) is 10.8 Å². The van der Waals surface area contributed by atoms with Crippen molar-refractivity contribution in [1.29, 1.82) is 0 Å². The highest BCUT2D eigenvalue weighted by atomic mass is 16.4. The van der Waals surface area contributed by atoms with Crippen molar-refractivity contribution in [3.63, 3.8) is 0 Å². The molecular formula is C14H28N2O3. The van der Waals surface area contributed by atoms with Crippen LogP contribution in [0, 0.1) is 11.3 Å². The number of aliphatic carboxylic acids is 1. The van der Waals surface area contributed by atoms with E-state index in [2.05, 4.69) is 26.1 Å². The molecule has 1 unspecified atom stereocenters. The summed E-state index contributed by atoms with van der Waals surface area (Å²) in [5.41, 5.74) is 5.97. The van der Waals surface area contributed by atoms with Crippen LogP contribution in [0.25, 0.3) is 0 Å². The second-order valence-corrected chi connectivity index (χ2v) is 6.50. The number of hydrogen-bond acceptors (Lipinski definition) is 3. The first-order valence-electron chi connectivity index (χ1n) is 6.84. The van der Waals surface area contributed by atoms with Crippen molar-refractivity contribution in [1.82, 2.24) is 5.32 Å². The second kappa shape index (κ2) is 7.48. The average molecular weight is 272 g/mol. The zero-order valence-corrected chi connectivity index (χ0v) is 12.7. The molecule has 0 fully saturated rings. The molecule has 0 aromatic rings. The van der Waals surface area contributed by atoms with Crippen molar-refractivity contribution in [3.8, 4) is 0 Å². The summed E-state index contributed by atoms with van der Waals surface area (Å²) < 4.78 is 0. The van der Waals surface area contributed by atoms with Crippen LogP contribution in [-0.4, -0.2) is 29.1 Å². The van der Waals surface area contributed by atoms with Gasteiger partial charge in [-0.05, 0) is 17.8 Å². The Morgan fingerprint density at radius 3 is 2.21 bits per heavy atom. The predicted molar refractivity (Wildman–Crippen MR) is 75.7 cm³/mol. The van der Waals surface area contributed by atoms with Gasteiger partial charge in [0.15, 0.2) is 0 Å². The van der Waals surface area contributed by atoms with Gasteiger partial charge in [0, 0.05) is 12.5 Å². The molecule has 1 amide bonds. The van der Waals surface area contributed by atoms with E-state index < -0.39 is 12.0 Å². The summed E-state index contributed by atoms with van der Waals surface area (Å²) in [4.78, 5) is 22.9. The number of carboxylic acid groups (broad SMARTS) is 1. The normalized spacial score (nSPS) is 16.5. The first-order valence-corrected chi connectivity index (χ1v) is 6.84. The smallest absolute Gasteiger partial charge is 0.326 e. The van der Waals surface area contributed by atoms with E-state index in [0.717, 1.165) is 6.42 Å². The number of amides is 1. The minimum atomic E-state index is -0.993. The van der Waals surface area contributed by atoms with Gasteiger partial charge in [0.25, 0.3) is 0 Å². The Morgan fingerprint density at radius 2 is 1.84 bits per heavy atom. The topological polar surface area (TPSA) is 92.4 Å². The Balaban J connectivity index is 4.39. The van der Waals surface area contributed by atoms with E-state index in [1.54, 1.807) is 0 Å². The van der Waals surface area contributed by atoms with Crippen molar-refractivity contribution in [2.75, 3.05) is 0 Å². The van der Waals surface area contributed by atoms with Gasteiger partial charge in [-0.25, -0.2) is 4.79 Å². The zero-order valence-electron chi connectivity index (χ0n) is 12.7. The van der Waals surface area contributed by atoms with Gasteiger partial charge in [0.1, 0.15) is 6.04 Å². The molecule has 0 aromatic carbocycles. The fourth-order valence-corrected chi connectivity index (χ4v) is 2.01. The van der Waals surface area contributed by atoms with Crippen molar-refractivity contribution >= 4 is 11.9 Å². The standard InChI is InChI=1S/C14H28N2O3/c1-6-9(2)12(13(18)19)16-11(17)7-10(15)8-14(3,4)5/h9-10,12H,6-8,15H2,1-5H3,(H,16,17)(H,18,19)/t9-,10?,12-/m0/s1. The summed E-state index contributed by atoms with van der Waals surface area (Å²) in [6.45, 7) is 9.89. The Hall–Kier alpha value is -1.10. The number of nitrogens with two attached hydrogens (primary N) is 1. The molecule has 0 aliphatic carbocycles. The van der Waals surface area contributed by atoms with Crippen LogP contribution >= 0.6 is 0 Å². The molecule has 0 aromatic heterocycles. The maximum absolute atomic E-state index is 11.8. The Labute approximate surface area is 115 Å². The molecule has 0 bridgehead atoms. The average Bonchev–Trinajstić information content (AvgIpc) is 2.21. The van der Waals surface area contributed by atoms with Gasteiger partial charge in [-0.2, -0.15) is 0 Å². The van der Waals surface area contributed by atoms with Crippen molar-refractivity contribution < 1.29 is 14.7 Å². The van der Waals surface area contributed by atoms with Crippen LogP contribution in [0.4, 0.5) is 0 Å². The molecule has 0 heterocycles. The second-order valence-electron chi connectivity index (χ2n) is 6.50. The first-order chi connectivity index (χ1) is 8.56. The minimum absolute atomic E-state index is 0.0581. The maximum Gasteiger partial charge on any atom is 0.326 e. The molecule has 0 aliphatic heterocycles. The Kier molecular flexibility index (Phi) is 7.05. The molecule has 0 spiro atoms. The first kappa shape index (κ1) is 17.9. The largest absolute Gasteiger partial charge is 0.480 e. The fraction of sp³-hybridized carbons (Fsp3) is 0.857. The highest BCUT2D eigenvalue weighted by Gasteiger charge is 2.26. The predicted octanol–water partition coefficient (Wildman–Crippen LogP) is 1.76. The summed E-state index contributed by atoms with van der Waals surface area (Å²) in [6.07, 6.45) is 1.59. The third-order valence-corrected chi connectivity index (χ3v) is 3.12. The third kappa shape index (κ3) is 7.82. The molecule has 0 saturated heterocycles. The van der Waals surface area contributed by atoms with E-state index in [-0.39, 0.29) is 29.7 Å². The van der Waals surface area contributed by atoms with Gasteiger partial charge < -0.3 is 16.2 Å². The fourth-order valence-electron chi connectivity index (χ4n) is 2.01. The quantitative estimate of drug-likeness (QED) is 0.658. The zero-order chi connectivity index (χ0) is 15.2. The molecule has 3 atom stereocenters. The molecule has 5 nitrogen and oxygen atoms in total. The van der Waals surface area contributed by atoms with Crippen LogP contribution < -0.4 is 11.1 Å². The Bertz CT molecular complexity index is 310. The monoisotopic (exact) mass is 272 g/mol. The van der Waals surface area contributed by atoms with Crippen LogP contribution in [0.3, 0.4) is 0 Å². The molecule has 0 aliphatic rings. The van der Waals surface area contributed by atoms with Crippen molar-refractivity contribution in [3.05, 3.63) is 0 Å². The molecule has 0 saturated carbocycles. The lowest BCUT2D eigenvalue weighted by Crippen LogP contribution is -2.46. The lowest BCUT2D eigenvalue weighted by atomic mass is 9.87. The van der Waals surface area contributed by atoms with E-state index in [1.807, 2.05) is 13.8 Å². The third-order valence-electron chi connectivity index (χ3n) is 3.12. The summed E-state index contributed by atoms with van der Waals surface area (Å²) in [6, 6.07) is -1.08. The maximum atomic E-state index is 11.8. The highest BCUT2D eigenvalue weighted by molar-refractivity contribution is 5.84. The van der Waals surface area contributed by atoms with Crippen LogP contribution in [-0.2, 0) is 9.59 Å². The minimum Gasteiger partial charge on any atom is -0.480 e. The molecule has 112 valence electrons. The number of carbonyl (C=O) groups excluding carboxylic acids is 1. The molecule has 0 radical (unpaired) electrons. The van der Waals surface area contributed by atoms with Gasteiger partial charge in [0.05, 0.1) is 0 Å². The number of rotatable bonds is 7. The Morgan fingerprint density at radius 1 is 1.32 bits per heavy atom. The molecule has 4 N–H and O–H groups in total. The van der Waals surface area contributed by atoms with Crippen molar-refractivity contribution in [2.45, 2.75) is 66.0 Å². The van der Waals surface area contributed by atoms with E-state index in [9.17, 15) is 9.59 Å². The van der Waals surface area contributed by atoms with Crippen LogP contribution in [0.5, 0.6) is 0 Å². The van der Waals surface area contributed by atoms with Crippen LogP contribution in [0.15, 0.2) is 0 Å². The number of nitrogens with one attached hydrogen (secondary N) is 1. The summed E-state index contributed by atoms with van der Waals surface area (Å²) >= 11 is 0. The number of hydrogen-bond donors (Lipinski definition) is 3. The van der Waals surface area contributed by atoms with Gasteiger partial charge in [0.2, 0.25) is 5.91 Å². The van der Waals surface area contributed by atoms with Gasteiger partial charge in [-0.15, -0.1) is 0 Å². The molecule has 19 heavy (non-hydrogen) atoms.